The molecule has 3 nitrogen and oxygen atoms in total. The Morgan fingerprint density at radius 1 is 1.09 bits per heavy atom. The monoisotopic (exact) mass is 343 g/mol. The number of carboxylic acids is 1. The zero-order valence-corrected chi connectivity index (χ0v) is 13.7. The lowest BCUT2D eigenvalue weighted by molar-refractivity contribution is 0.0703. The van der Waals surface area contributed by atoms with Crippen LogP contribution >= 0.6 is 22.9 Å². The molecular weight excluding hydrogens is 330 g/mol. The highest BCUT2D eigenvalue weighted by Crippen LogP contribution is 2.35. The fraction of sp³-hybridized carbons (Fsp3) is 0.0556. The average Bonchev–Trinajstić information content (AvgIpc) is 3.00. The summed E-state index contributed by atoms with van der Waals surface area (Å²) in [7, 11) is 0. The van der Waals surface area contributed by atoms with Crippen molar-refractivity contribution in [2.45, 2.75) is 6.54 Å². The molecule has 0 amide bonds. The second kappa shape index (κ2) is 6.86. The lowest BCUT2D eigenvalue weighted by Crippen LogP contribution is -2.03. The molecule has 3 rings (SSSR count). The van der Waals surface area contributed by atoms with E-state index in [4.69, 9.17) is 11.6 Å². The summed E-state index contributed by atoms with van der Waals surface area (Å²) in [5.41, 5.74) is 2.69. The molecule has 0 saturated carbocycles. The normalized spacial score (nSPS) is 10.5. The van der Waals surface area contributed by atoms with Gasteiger partial charge in [-0.2, -0.15) is 0 Å². The van der Waals surface area contributed by atoms with Gasteiger partial charge in [0.1, 0.15) is 4.88 Å². The lowest BCUT2D eigenvalue weighted by atomic mass is 10.2. The molecule has 2 N–H and O–H groups in total. The van der Waals surface area contributed by atoms with Crippen LogP contribution in [0.4, 0.5) is 5.69 Å². The third-order valence-electron chi connectivity index (χ3n) is 3.38. The highest BCUT2D eigenvalue weighted by Gasteiger charge is 2.16. The highest BCUT2D eigenvalue weighted by atomic mass is 35.5. The quantitative estimate of drug-likeness (QED) is 0.654. The number of aromatic carboxylic acids is 1. The molecular formula is C18H14ClNO2S. The molecule has 1 aromatic heterocycles. The molecule has 2 aromatic carbocycles. The van der Waals surface area contributed by atoms with Gasteiger partial charge >= 0.3 is 5.97 Å². The summed E-state index contributed by atoms with van der Waals surface area (Å²) in [4.78, 5) is 12.7. The Kier molecular flexibility index (Phi) is 4.65. The molecule has 116 valence electrons. The first-order valence-corrected chi connectivity index (χ1v) is 8.24. The largest absolute Gasteiger partial charge is 0.477 e. The number of anilines is 1. The number of benzene rings is 2. The smallest absolute Gasteiger partial charge is 0.348 e. The van der Waals surface area contributed by atoms with Gasteiger partial charge in [-0.3, -0.25) is 0 Å². The zero-order valence-electron chi connectivity index (χ0n) is 12.1. The lowest BCUT2D eigenvalue weighted by Gasteiger charge is -2.05. The van der Waals surface area contributed by atoms with E-state index in [1.807, 2.05) is 60.7 Å². The van der Waals surface area contributed by atoms with Crippen molar-refractivity contribution in [3.8, 4) is 10.4 Å². The minimum Gasteiger partial charge on any atom is -0.477 e. The molecule has 0 aliphatic carbocycles. The maximum atomic E-state index is 11.5. The Morgan fingerprint density at radius 2 is 1.78 bits per heavy atom. The third kappa shape index (κ3) is 3.73. The third-order valence-corrected chi connectivity index (χ3v) is 4.80. The van der Waals surface area contributed by atoms with E-state index in [9.17, 15) is 9.90 Å². The minimum atomic E-state index is -0.921. The SMILES string of the molecule is O=C(O)c1sc(-c2ccccc2)cc1NCc1ccc(Cl)cc1. The topological polar surface area (TPSA) is 49.3 Å². The van der Waals surface area contributed by atoms with Crippen LogP contribution in [0, 0.1) is 0 Å². The second-order valence-electron chi connectivity index (χ2n) is 5.00. The molecule has 5 heteroatoms. The Hall–Kier alpha value is -2.30. The van der Waals surface area contributed by atoms with E-state index in [0.717, 1.165) is 16.0 Å². The minimum absolute atomic E-state index is 0.317. The molecule has 0 atom stereocenters. The average molecular weight is 344 g/mol. The van der Waals surface area contributed by atoms with Crippen LogP contribution in [-0.4, -0.2) is 11.1 Å². The molecule has 1 heterocycles. The number of hydrogen-bond acceptors (Lipinski definition) is 3. The summed E-state index contributed by atoms with van der Waals surface area (Å²) >= 11 is 7.15. The first kappa shape index (κ1) is 15.6. The van der Waals surface area contributed by atoms with Gasteiger partial charge in [-0.05, 0) is 29.3 Å². The molecule has 0 aliphatic heterocycles. The Balaban J connectivity index is 1.84. The number of carbonyl (C=O) groups is 1. The fourth-order valence-corrected chi connectivity index (χ4v) is 3.33. The van der Waals surface area contributed by atoms with Crippen molar-refractivity contribution >= 4 is 34.6 Å². The number of halogens is 1. The van der Waals surface area contributed by atoms with Gasteiger partial charge in [-0.1, -0.05) is 54.1 Å². The Morgan fingerprint density at radius 3 is 2.43 bits per heavy atom. The molecule has 3 aromatic rings. The van der Waals surface area contributed by atoms with Crippen molar-refractivity contribution in [3.05, 3.63) is 76.1 Å². The molecule has 23 heavy (non-hydrogen) atoms. The van der Waals surface area contributed by atoms with Crippen LogP contribution in [0.1, 0.15) is 15.2 Å². The van der Waals surface area contributed by atoms with Crippen LogP contribution < -0.4 is 5.32 Å². The standard InChI is InChI=1S/C18H14ClNO2S/c19-14-8-6-12(7-9-14)11-20-15-10-16(23-17(15)18(21)22)13-4-2-1-3-5-13/h1-10,20H,11H2,(H,21,22). The number of thiophene rings is 1. The van der Waals surface area contributed by atoms with Gasteiger partial charge < -0.3 is 10.4 Å². The van der Waals surface area contributed by atoms with Crippen molar-refractivity contribution in [3.63, 3.8) is 0 Å². The van der Waals surface area contributed by atoms with Crippen LogP contribution in [0.25, 0.3) is 10.4 Å². The van der Waals surface area contributed by atoms with E-state index < -0.39 is 5.97 Å². The molecule has 0 unspecified atom stereocenters. The molecule has 0 bridgehead atoms. The fourth-order valence-electron chi connectivity index (χ4n) is 2.23. The number of carboxylic acid groups (broad SMARTS) is 1. The van der Waals surface area contributed by atoms with Crippen molar-refractivity contribution in [1.29, 1.82) is 0 Å². The van der Waals surface area contributed by atoms with Gasteiger partial charge in [0.25, 0.3) is 0 Å². The highest BCUT2D eigenvalue weighted by molar-refractivity contribution is 7.18. The second-order valence-corrected chi connectivity index (χ2v) is 6.49. The molecule has 0 saturated heterocycles. The predicted octanol–water partition coefficient (Wildman–Crippen LogP) is 5.38. The first-order chi connectivity index (χ1) is 11.1. The van der Waals surface area contributed by atoms with Gasteiger partial charge in [0.05, 0.1) is 5.69 Å². The summed E-state index contributed by atoms with van der Waals surface area (Å²) in [5.74, 6) is -0.921. The molecule has 0 aliphatic rings. The maximum absolute atomic E-state index is 11.5. The summed E-state index contributed by atoms with van der Waals surface area (Å²) in [6, 6.07) is 19.1. The number of hydrogen-bond donors (Lipinski definition) is 2. The van der Waals surface area contributed by atoms with E-state index in [2.05, 4.69) is 5.32 Å². The summed E-state index contributed by atoms with van der Waals surface area (Å²) in [6.07, 6.45) is 0. The maximum Gasteiger partial charge on any atom is 0.348 e. The van der Waals surface area contributed by atoms with Crippen LogP contribution in [0.2, 0.25) is 5.02 Å². The van der Waals surface area contributed by atoms with E-state index in [1.54, 1.807) is 0 Å². The van der Waals surface area contributed by atoms with E-state index in [1.165, 1.54) is 11.3 Å². The van der Waals surface area contributed by atoms with Crippen molar-refractivity contribution in [2.75, 3.05) is 5.32 Å². The Bertz CT molecular complexity index is 813. The zero-order chi connectivity index (χ0) is 16.2. The van der Waals surface area contributed by atoms with Gasteiger partial charge in [0.2, 0.25) is 0 Å². The first-order valence-electron chi connectivity index (χ1n) is 7.04. The molecule has 0 spiro atoms. The van der Waals surface area contributed by atoms with Crippen molar-refractivity contribution in [2.24, 2.45) is 0 Å². The van der Waals surface area contributed by atoms with Crippen LogP contribution in [-0.2, 0) is 6.54 Å². The number of nitrogens with one attached hydrogen (secondary N) is 1. The van der Waals surface area contributed by atoms with Gasteiger partial charge in [0.15, 0.2) is 0 Å². The van der Waals surface area contributed by atoms with Crippen molar-refractivity contribution < 1.29 is 9.90 Å². The van der Waals surface area contributed by atoms with Gasteiger partial charge in [-0.15, -0.1) is 11.3 Å². The number of rotatable bonds is 5. The van der Waals surface area contributed by atoms with Crippen LogP contribution in [0.15, 0.2) is 60.7 Å². The summed E-state index contributed by atoms with van der Waals surface area (Å²) in [5, 5.41) is 13.3. The van der Waals surface area contributed by atoms with E-state index in [0.29, 0.717) is 22.1 Å². The van der Waals surface area contributed by atoms with Crippen LogP contribution in [0.3, 0.4) is 0 Å². The van der Waals surface area contributed by atoms with Crippen LogP contribution in [0.5, 0.6) is 0 Å². The predicted molar refractivity (Wildman–Crippen MR) is 95.5 cm³/mol. The van der Waals surface area contributed by atoms with Gasteiger partial charge in [0, 0.05) is 16.4 Å². The van der Waals surface area contributed by atoms with Gasteiger partial charge in [-0.25, -0.2) is 4.79 Å². The van der Waals surface area contributed by atoms with E-state index >= 15 is 0 Å². The van der Waals surface area contributed by atoms with E-state index in [-0.39, 0.29) is 0 Å². The molecule has 0 radical (unpaired) electrons. The summed E-state index contributed by atoms with van der Waals surface area (Å²) in [6.45, 7) is 0.544. The van der Waals surface area contributed by atoms with Crippen molar-refractivity contribution in [1.82, 2.24) is 0 Å². The summed E-state index contributed by atoms with van der Waals surface area (Å²) < 4.78 is 0. The Labute approximate surface area is 143 Å². The molecule has 0 fully saturated rings.